The van der Waals surface area contributed by atoms with E-state index >= 15 is 0 Å². The van der Waals surface area contributed by atoms with E-state index < -0.39 is 18.2 Å². The zero-order valence-corrected chi connectivity index (χ0v) is 8.60. The van der Waals surface area contributed by atoms with Crippen LogP contribution in [-0.2, 0) is 18.9 Å². The Morgan fingerprint density at radius 3 is 2.71 bits per heavy atom. The van der Waals surface area contributed by atoms with Crippen LogP contribution in [0.2, 0.25) is 0 Å². The predicted octanol–water partition coefficient (Wildman–Crippen LogP) is -0.130. The van der Waals surface area contributed by atoms with Crippen molar-refractivity contribution >= 4 is 0 Å². The maximum absolute atomic E-state index is 9.82. The van der Waals surface area contributed by atoms with Crippen molar-refractivity contribution < 1.29 is 24.1 Å². The SMILES string of the molecule is CO[C@H]1OC[C@@H]2OC(C)(C)O[C@@H]2[C@@H]1O. The summed E-state index contributed by atoms with van der Waals surface area (Å²) >= 11 is 0. The number of hydrogen-bond donors (Lipinski definition) is 1. The lowest BCUT2D eigenvalue weighted by atomic mass is 10.1. The molecule has 0 aliphatic carbocycles. The summed E-state index contributed by atoms with van der Waals surface area (Å²) in [7, 11) is 1.50. The van der Waals surface area contributed by atoms with Crippen molar-refractivity contribution in [2.24, 2.45) is 0 Å². The van der Waals surface area contributed by atoms with E-state index in [2.05, 4.69) is 0 Å². The minimum atomic E-state index is -0.791. The van der Waals surface area contributed by atoms with E-state index in [1.54, 1.807) is 0 Å². The Balaban J connectivity index is 2.08. The molecule has 0 spiro atoms. The van der Waals surface area contributed by atoms with Gasteiger partial charge in [0, 0.05) is 7.11 Å². The zero-order chi connectivity index (χ0) is 10.3. The molecule has 14 heavy (non-hydrogen) atoms. The quantitative estimate of drug-likeness (QED) is 0.644. The van der Waals surface area contributed by atoms with Gasteiger partial charge in [-0.05, 0) is 13.8 Å². The number of methoxy groups -OCH3 is 1. The van der Waals surface area contributed by atoms with Crippen LogP contribution in [0.4, 0.5) is 0 Å². The zero-order valence-electron chi connectivity index (χ0n) is 8.60. The van der Waals surface area contributed by atoms with Gasteiger partial charge >= 0.3 is 0 Å². The second-order valence-corrected chi connectivity index (χ2v) is 4.07. The Labute approximate surface area is 82.9 Å². The van der Waals surface area contributed by atoms with Crippen LogP contribution in [0, 0.1) is 0 Å². The van der Waals surface area contributed by atoms with Crippen LogP contribution >= 0.6 is 0 Å². The standard InChI is InChI=1S/C9H16O5/c1-9(2)13-5-4-12-8(11-3)6(10)7(5)14-9/h5-8,10H,4H2,1-3H3/t5-,6-,7-,8-/m0/s1. The minimum absolute atomic E-state index is 0.202. The number of ether oxygens (including phenoxy) is 4. The third kappa shape index (κ3) is 1.66. The van der Waals surface area contributed by atoms with Crippen LogP contribution in [0.25, 0.3) is 0 Å². The van der Waals surface area contributed by atoms with E-state index in [1.165, 1.54) is 7.11 Å². The molecule has 5 nitrogen and oxygen atoms in total. The molecule has 5 heteroatoms. The highest BCUT2D eigenvalue weighted by Crippen LogP contribution is 2.34. The van der Waals surface area contributed by atoms with Gasteiger partial charge in [-0.15, -0.1) is 0 Å². The van der Waals surface area contributed by atoms with E-state index in [0.717, 1.165) is 0 Å². The van der Waals surface area contributed by atoms with Crippen LogP contribution in [0.1, 0.15) is 13.8 Å². The van der Waals surface area contributed by atoms with E-state index in [0.29, 0.717) is 6.61 Å². The van der Waals surface area contributed by atoms with E-state index in [-0.39, 0.29) is 12.2 Å². The Morgan fingerprint density at radius 1 is 1.36 bits per heavy atom. The highest BCUT2D eigenvalue weighted by molar-refractivity contribution is 4.91. The molecule has 0 radical (unpaired) electrons. The van der Waals surface area contributed by atoms with Crippen molar-refractivity contribution in [1.29, 1.82) is 0 Å². The summed E-state index contributed by atoms with van der Waals surface area (Å²) in [5, 5.41) is 9.82. The van der Waals surface area contributed by atoms with Gasteiger partial charge in [-0.2, -0.15) is 0 Å². The number of aliphatic hydroxyl groups is 1. The first-order valence-electron chi connectivity index (χ1n) is 4.71. The largest absolute Gasteiger partial charge is 0.385 e. The van der Waals surface area contributed by atoms with Gasteiger partial charge in [0.1, 0.15) is 18.3 Å². The molecule has 2 fully saturated rings. The molecule has 2 rings (SSSR count). The number of aliphatic hydroxyl groups excluding tert-OH is 1. The molecule has 2 heterocycles. The molecular formula is C9H16O5. The van der Waals surface area contributed by atoms with Crippen molar-refractivity contribution in [3.63, 3.8) is 0 Å². The fourth-order valence-corrected chi connectivity index (χ4v) is 1.93. The van der Waals surface area contributed by atoms with E-state index in [9.17, 15) is 5.11 Å². The number of rotatable bonds is 1. The maximum atomic E-state index is 9.82. The molecule has 82 valence electrons. The molecule has 0 aromatic rings. The van der Waals surface area contributed by atoms with Gasteiger partial charge in [-0.3, -0.25) is 0 Å². The predicted molar refractivity (Wildman–Crippen MR) is 46.6 cm³/mol. The summed E-state index contributed by atoms with van der Waals surface area (Å²) in [6.07, 6.45) is -1.97. The topological polar surface area (TPSA) is 57.2 Å². The second kappa shape index (κ2) is 3.43. The van der Waals surface area contributed by atoms with Crippen molar-refractivity contribution in [2.75, 3.05) is 13.7 Å². The number of hydrogen-bond acceptors (Lipinski definition) is 5. The van der Waals surface area contributed by atoms with Gasteiger partial charge in [-0.1, -0.05) is 0 Å². The van der Waals surface area contributed by atoms with Crippen molar-refractivity contribution in [2.45, 2.75) is 44.2 Å². The summed E-state index contributed by atoms with van der Waals surface area (Å²) in [4.78, 5) is 0. The molecule has 0 aromatic heterocycles. The average molecular weight is 204 g/mol. The third-order valence-electron chi connectivity index (χ3n) is 2.49. The van der Waals surface area contributed by atoms with Gasteiger partial charge < -0.3 is 24.1 Å². The van der Waals surface area contributed by atoms with Gasteiger partial charge in [0.25, 0.3) is 0 Å². The highest BCUT2D eigenvalue weighted by Gasteiger charge is 2.50. The molecule has 0 aromatic carbocycles. The third-order valence-corrected chi connectivity index (χ3v) is 2.49. The van der Waals surface area contributed by atoms with Crippen LogP contribution in [0.15, 0.2) is 0 Å². The summed E-state index contributed by atoms with van der Waals surface area (Å²) < 4.78 is 21.4. The molecule has 0 amide bonds. The van der Waals surface area contributed by atoms with Crippen LogP contribution in [0.5, 0.6) is 0 Å². The van der Waals surface area contributed by atoms with Crippen molar-refractivity contribution in [3.8, 4) is 0 Å². The first-order chi connectivity index (χ1) is 6.53. The Hall–Kier alpha value is -0.200. The molecule has 1 N–H and O–H groups in total. The maximum Gasteiger partial charge on any atom is 0.185 e. The summed E-state index contributed by atoms with van der Waals surface area (Å²) in [5.41, 5.74) is 0. The molecular weight excluding hydrogens is 188 g/mol. The lowest BCUT2D eigenvalue weighted by Crippen LogP contribution is -2.52. The molecule has 2 aliphatic rings. The average Bonchev–Trinajstić information content (AvgIpc) is 2.42. The first kappa shape index (κ1) is 10.3. The smallest absolute Gasteiger partial charge is 0.185 e. The Morgan fingerprint density at radius 2 is 2.07 bits per heavy atom. The van der Waals surface area contributed by atoms with Crippen LogP contribution in [-0.4, -0.2) is 49.2 Å². The summed E-state index contributed by atoms with van der Waals surface area (Å²) in [6.45, 7) is 4.03. The first-order valence-corrected chi connectivity index (χ1v) is 4.71. The van der Waals surface area contributed by atoms with Gasteiger partial charge in [-0.25, -0.2) is 0 Å². The fourth-order valence-electron chi connectivity index (χ4n) is 1.93. The molecule has 0 bridgehead atoms. The minimum Gasteiger partial charge on any atom is -0.385 e. The summed E-state index contributed by atoms with van der Waals surface area (Å²) in [5.74, 6) is -0.650. The highest BCUT2D eigenvalue weighted by atomic mass is 16.8. The molecule has 4 atom stereocenters. The van der Waals surface area contributed by atoms with E-state index in [4.69, 9.17) is 18.9 Å². The van der Waals surface area contributed by atoms with Crippen molar-refractivity contribution in [1.82, 2.24) is 0 Å². The van der Waals surface area contributed by atoms with Crippen molar-refractivity contribution in [3.05, 3.63) is 0 Å². The Kier molecular flexibility index (Phi) is 2.53. The van der Waals surface area contributed by atoms with Crippen LogP contribution in [0.3, 0.4) is 0 Å². The van der Waals surface area contributed by atoms with Gasteiger partial charge in [0.05, 0.1) is 6.61 Å². The molecule has 2 saturated heterocycles. The number of fused-ring (bicyclic) bond motifs is 1. The molecule has 0 saturated carbocycles. The van der Waals surface area contributed by atoms with Crippen LogP contribution < -0.4 is 0 Å². The normalized spacial score (nSPS) is 46.3. The Bertz CT molecular complexity index is 217. The molecule has 0 unspecified atom stereocenters. The monoisotopic (exact) mass is 204 g/mol. The van der Waals surface area contributed by atoms with E-state index in [1.807, 2.05) is 13.8 Å². The lowest BCUT2D eigenvalue weighted by molar-refractivity contribution is -0.241. The van der Waals surface area contributed by atoms with Gasteiger partial charge in [0.2, 0.25) is 0 Å². The second-order valence-electron chi connectivity index (χ2n) is 4.07. The lowest BCUT2D eigenvalue weighted by Gasteiger charge is -2.33. The summed E-state index contributed by atoms with van der Waals surface area (Å²) in [6, 6.07) is 0. The van der Waals surface area contributed by atoms with Gasteiger partial charge in [0.15, 0.2) is 12.1 Å². The molecule has 2 aliphatic heterocycles. The fraction of sp³-hybridized carbons (Fsp3) is 1.00.